The van der Waals surface area contributed by atoms with Gasteiger partial charge in [-0.2, -0.15) is 0 Å². The number of nitrogens with two attached hydrogens (primary N) is 1. The van der Waals surface area contributed by atoms with Gasteiger partial charge >= 0.3 is 0 Å². The number of rotatable bonds is 6. The molecule has 0 fully saturated rings. The van der Waals surface area contributed by atoms with Crippen LogP contribution in [0, 0.1) is 0 Å². The number of hydrogen-bond donors (Lipinski definition) is 3. The van der Waals surface area contributed by atoms with E-state index in [1.54, 1.807) is 0 Å². The van der Waals surface area contributed by atoms with Crippen molar-refractivity contribution in [1.29, 1.82) is 0 Å². The molecule has 0 bridgehead atoms. The predicted molar refractivity (Wildman–Crippen MR) is 80.9 cm³/mol. The van der Waals surface area contributed by atoms with Crippen LogP contribution in [0.3, 0.4) is 0 Å². The zero-order valence-corrected chi connectivity index (χ0v) is 12.1. The summed E-state index contributed by atoms with van der Waals surface area (Å²) in [6.45, 7) is 7.53. The van der Waals surface area contributed by atoms with Gasteiger partial charge in [-0.1, -0.05) is 38.1 Å². The van der Waals surface area contributed by atoms with Gasteiger partial charge in [0.1, 0.15) is 5.84 Å². The molecule has 1 aromatic rings. The number of hydrogen-bond acceptors (Lipinski definition) is 3. The van der Waals surface area contributed by atoms with Crippen LogP contribution in [0.2, 0.25) is 0 Å². The van der Waals surface area contributed by atoms with Gasteiger partial charge in [0.25, 0.3) is 0 Å². The first-order valence-corrected chi connectivity index (χ1v) is 6.74. The fourth-order valence-corrected chi connectivity index (χ4v) is 1.80. The van der Waals surface area contributed by atoms with Crippen LogP contribution in [0.4, 0.5) is 5.69 Å². The second-order valence-corrected chi connectivity index (χ2v) is 5.80. The second-order valence-electron chi connectivity index (χ2n) is 5.80. The van der Waals surface area contributed by atoms with E-state index in [0.717, 1.165) is 25.1 Å². The average molecular weight is 263 g/mol. The topological polar surface area (TPSA) is 70.6 Å². The Bertz CT molecular complexity index is 404. The quantitative estimate of drug-likeness (QED) is 0.242. The van der Waals surface area contributed by atoms with Gasteiger partial charge in [-0.15, -0.1) is 0 Å². The van der Waals surface area contributed by atoms with Crippen molar-refractivity contribution < 1.29 is 5.21 Å². The van der Waals surface area contributed by atoms with Gasteiger partial charge in [-0.3, -0.25) is 0 Å². The van der Waals surface area contributed by atoms with Gasteiger partial charge in [-0.25, -0.2) is 0 Å². The number of anilines is 1. The Morgan fingerprint density at radius 1 is 1.21 bits per heavy atom. The van der Waals surface area contributed by atoms with Crippen LogP contribution < -0.4 is 11.1 Å². The molecule has 0 aromatic heterocycles. The highest BCUT2D eigenvalue weighted by atomic mass is 16.4. The molecule has 4 nitrogen and oxygen atoms in total. The number of oxime groups is 1. The van der Waals surface area contributed by atoms with Crippen molar-refractivity contribution >= 4 is 11.5 Å². The molecule has 0 atom stereocenters. The van der Waals surface area contributed by atoms with E-state index in [0.29, 0.717) is 12.3 Å². The van der Waals surface area contributed by atoms with E-state index in [-0.39, 0.29) is 5.41 Å². The second kappa shape index (κ2) is 7.02. The molecule has 0 aliphatic carbocycles. The van der Waals surface area contributed by atoms with E-state index in [9.17, 15) is 0 Å². The number of nitrogens with zero attached hydrogens (tertiary/aromatic N) is 1. The van der Waals surface area contributed by atoms with Crippen molar-refractivity contribution in [1.82, 2.24) is 0 Å². The van der Waals surface area contributed by atoms with Crippen molar-refractivity contribution in [2.45, 2.75) is 45.4 Å². The monoisotopic (exact) mass is 263 g/mol. The molecule has 106 valence electrons. The van der Waals surface area contributed by atoms with Crippen LogP contribution in [0.5, 0.6) is 0 Å². The summed E-state index contributed by atoms with van der Waals surface area (Å²) in [5, 5.41) is 14.7. The largest absolute Gasteiger partial charge is 0.409 e. The van der Waals surface area contributed by atoms with Crippen molar-refractivity contribution in [2.75, 3.05) is 11.9 Å². The lowest BCUT2D eigenvalue weighted by molar-refractivity contribution is 0.316. The fourth-order valence-electron chi connectivity index (χ4n) is 1.80. The zero-order valence-electron chi connectivity index (χ0n) is 12.1. The highest BCUT2D eigenvalue weighted by Gasteiger charge is 2.12. The molecule has 0 saturated heterocycles. The zero-order chi connectivity index (χ0) is 14.3. The summed E-state index contributed by atoms with van der Waals surface area (Å²) in [6.07, 6.45) is 2.56. The number of amidine groups is 1. The summed E-state index contributed by atoms with van der Waals surface area (Å²) in [7, 11) is 0. The van der Waals surface area contributed by atoms with Gasteiger partial charge in [0.2, 0.25) is 0 Å². The first-order valence-electron chi connectivity index (χ1n) is 6.74. The van der Waals surface area contributed by atoms with Crippen molar-refractivity contribution in [3.05, 3.63) is 29.8 Å². The minimum atomic E-state index is 0.194. The van der Waals surface area contributed by atoms with Crippen LogP contribution in [0.25, 0.3) is 0 Å². The van der Waals surface area contributed by atoms with Crippen molar-refractivity contribution in [3.8, 4) is 0 Å². The molecule has 0 heterocycles. The highest BCUT2D eigenvalue weighted by molar-refractivity contribution is 5.79. The molecule has 0 aliphatic heterocycles. The number of benzene rings is 1. The van der Waals surface area contributed by atoms with E-state index < -0.39 is 0 Å². The summed E-state index contributed by atoms with van der Waals surface area (Å²) in [5.74, 6) is 0.300. The Hall–Kier alpha value is -1.71. The maximum absolute atomic E-state index is 8.41. The third-order valence-corrected chi connectivity index (χ3v) is 3.07. The van der Waals surface area contributed by atoms with E-state index >= 15 is 0 Å². The summed E-state index contributed by atoms with van der Waals surface area (Å²) in [5.41, 5.74) is 8.07. The lowest BCUT2D eigenvalue weighted by atomic mass is 9.87. The Kier molecular flexibility index (Phi) is 5.67. The van der Waals surface area contributed by atoms with Crippen LogP contribution >= 0.6 is 0 Å². The van der Waals surface area contributed by atoms with E-state index in [1.165, 1.54) is 5.56 Å². The molecule has 0 radical (unpaired) electrons. The molecule has 4 heteroatoms. The normalized spacial score (nSPS) is 12.5. The summed E-state index contributed by atoms with van der Waals surface area (Å²) in [4.78, 5) is 0. The first kappa shape index (κ1) is 15.3. The van der Waals surface area contributed by atoms with Crippen molar-refractivity contribution in [3.63, 3.8) is 0 Å². The molecule has 1 aromatic carbocycles. The number of nitrogens with one attached hydrogen (secondary N) is 1. The van der Waals surface area contributed by atoms with Gasteiger partial charge in [0, 0.05) is 18.7 Å². The van der Waals surface area contributed by atoms with E-state index in [2.05, 4.69) is 55.5 Å². The molecule has 0 spiro atoms. The lowest BCUT2D eigenvalue weighted by Crippen LogP contribution is -2.12. The van der Waals surface area contributed by atoms with Gasteiger partial charge in [0.15, 0.2) is 0 Å². The molecule has 4 N–H and O–H groups in total. The third kappa shape index (κ3) is 5.64. The minimum Gasteiger partial charge on any atom is -0.409 e. The minimum absolute atomic E-state index is 0.194. The smallest absolute Gasteiger partial charge is 0.139 e. The molecule has 0 unspecified atom stereocenters. The molecular formula is C15H25N3O. The fraction of sp³-hybridized carbons (Fsp3) is 0.533. The lowest BCUT2D eigenvalue weighted by Gasteiger charge is -2.19. The Morgan fingerprint density at radius 2 is 1.84 bits per heavy atom. The van der Waals surface area contributed by atoms with Gasteiger partial charge in [-0.05, 0) is 36.0 Å². The average Bonchev–Trinajstić information content (AvgIpc) is 2.37. The Balaban J connectivity index is 2.31. The van der Waals surface area contributed by atoms with Crippen LogP contribution in [-0.2, 0) is 5.41 Å². The maximum Gasteiger partial charge on any atom is 0.139 e. The predicted octanol–water partition coefficient (Wildman–Crippen LogP) is 3.31. The first-order chi connectivity index (χ1) is 8.93. The van der Waals surface area contributed by atoms with Gasteiger partial charge < -0.3 is 16.3 Å². The molecule has 19 heavy (non-hydrogen) atoms. The molecule has 1 rings (SSSR count). The molecular weight excluding hydrogens is 238 g/mol. The molecule has 0 amide bonds. The van der Waals surface area contributed by atoms with Crippen molar-refractivity contribution in [2.24, 2.45) is 10.9 Å². The Morgan fingerprint density at radius 3 is 2.37 bits per heavy atom. The molecule has 0 aliphatic rings. The van der Waals surface area contributed by atoms with E-state index in [4.69, 9.17) is 10.9 Å². The number of unbranched alkanes of at least 4 members (excludes halogenated alkanes) is 1. The molecule has 0 saturated carbocycles. The highest BCUT2D eigenvalue weighted by Crippen LogP contribution is 2.23. The SMILES string of the molecule is CC(C)(C)c1ccc(NCCCCC(N)=NO)cc1. The van der Waals surface area contributed by atoms with E-state index in [1.807, 2.05) is 0 Å². The Labute approximate surface area is 115 Å². The van der Waals surface area contributed by atoms with Crippen LogP contribution in [0.15, 0.2) is 29.4 Å². The standard InChI is InChI=1S/C15H25N3O/c1-15(2,3)12-7-9-13(10-8-12)17-11-5-4-6-14(16)18-19/h7-10,17,19H,4-6,11H2,1-3H3,(H2,16,18). The van der Waals surface area contributed by atoms with Gasteiger partial charge in [0.05, 0.1) is 0 Å². The summed E-state index contributed by atoms with van der Waals surface area (Å²) in [6, 6.07) is 8.56. The third-order valence-electron chi connectivity index (χ3n) is 3.07. The van der Waals surface area contributed by atoms with Crippen LogP contribution in [-0.4, -0.2) is 17.6 Å². The maximum atomic E-state index is 8.41. The summed E-state index contributed by atoms with van der Waals surface area (Å²) >= 11 is 0. The summed E-state index contributed by atoms with van der Waals surface area (Å²) < 4.78 is 0. The van der Waals surface area contributed by atoms with Crippen LogP contribution in [0.1, 0.15) is 45.6 Å².